The van der Waals surface area contributed by atoms with Crippen molar-refractivity contribution >= 4 is 40.3 Å². The maximum Gasteiger partial charge on any atom is 0.433 e. The Bertz CT molecular complexity index is 1310. The molecule has 1 saturated heterocycles. The zero-order chi connectivity index (χ0) is 25.3. The zero-order valence-electron chi connectivity index (χ0n) is 18.1. The Balaban J connectivity index is 1.80. The van der Waals surface area contributed by atoms with Crippen LogP contribution in [0, 0.1) is 17.0 Å². The molecule has 35 heavy (non-hydrogen) atoms. The van der Waals surface area contributed by atoms with E-state index in [0.29, 0.717) is 18.7 Å². The average Bonchev–Trinajstić information content (AvgIpc) is 2.80. The van der Waals surface area contributed by atoms with E-state index in [1.807, 2.05) is 0 Å². The summed E-state index contributed by atoms with van der Waals surface area (Å²) in [6, 6.07) is 11.7. The van der Waals surface area contributed by atoms with Crippen molar-refractivity contribution in [1.29, 1.82) is 5.41 Å². The number of anilines is 3. The van der Waals surface area contributed by atoms with Gasteiger partial charge in [-0.25, -0.2) is 8.78 Å². The zero-order valence-corrected chi connectivity index (χ0v) is 18.9. The number of amides is 1. The molecule has 1 aliphatic heterocycles. The molecule has 0 radical (unpaired) electrons. The third-order valence-corrected chi connectivity index (χ3v) is 5.90. The van der Waals surface area contributed by atoms with Crippen molar-refractivity contribution in [3.05, 3.63) is 76.8 Å². The van der Waals surface area contributed by atoms with Crippen LogP contribution in [0.15, 0.2) is 54.6 Å². The Morgan fingerprint density at radius 3 is 2.40 bits per heavy atom. The number of hydrogen-bond donors (Lipinski definition) is 2. The van der Waals surface area contributed by atoms with Crippen molar-refractivity contribution in [2.45, 2.75) is 25.4 Å². The maximum absolute atomic E-state index is 15.7. The van der Waals surface area contributed by atoms with E-state index in [-0.39, 0.29) is 27.7 Å². The number of piperidine rings is 1. The highest BCUT2D eigenvalue weighted by molar-refractivity contribution is 6.30. The van der Waals surface area contributed by atoms with Crippen molar-refractivity contribution in [1.82, 2.24) is 0 Å². The number of alkyl halides is 3. The SMILES string of the molecule is N=C(c1ccc(-c2ccc(N3CCCCC3=O)cc2F)c(F)c1Nc1cccc(Cl)c1)C(F)(F)F. The van der Waals surface area contributed by atoms with E-state index in [2.05, 4.69) is 5.32 Å². The van der Waals surface area contributed by atoms with Gasteiger partial charge in [0.25, 0.3) is 0 Å². The first kappa shape index (κ1) is 24.7. The Morgan fingerprint density at radius 2 is 1.74 bits per heavy atom. The van der Waals surface area contributed by atoms with Gasteiger partial charge in [-0.2, -0.15) is 13.2 Å². The van der Waals surface area contributed by atoms with Crippen LogP contribution in [0.5, 0.6) is 0 Å². The smallest absolute Gasteiger partial charge is 0.353 e. The summed E-state index contributed by atoms with van der Waals surface area (Å²) in [5, 5.41) is 10.4. The number of carbonyl (C=O) groups excluding carboxylic acids is 1. The van der Waals surface area contributed by atoms with Gasteiger partial charge in [0.15, 0.2) is 5.82 Å². The molecule has 0 atom stereocenters. The second-order valence-electron chi connectivity index (χ2n) is 8.02. The molecule has 1 aliphatic rings. The van der Waals surface area contributed by atoms with E-state index in [0.717, 1.165) is 31.0 Å². The molecular weight excluding hydrogens is 489 g/mol. The molecule has 1 fully saturated rings. The predicted molar refractivity (Wildman–Crippen MR) is 126 cm³/mol. The van der Waals surface area contributed by atoms with Crippen LogP contribution >= 0.6 is 11.6 Å². The van der Waals surface area contributed by atoms with Crippen molar-refractivity contribution in [2.24, 2.45) is 0 Å². The summed E-state index contributed by atoms with van der Waals surface area (Å²) in [5.41, 5.74) is -3.13. The van der Waals surface area contributed by atoms with Gasteiger partial charge >= 0.3 is 6.18 Å². The first-order valence-electron chi connectivity index (χ1n) is 10.7. The molecule has 4 nitrogen and oxygen atoms in total. The van der Waals surface area contributed by atoms with Crippen molar-refractivity contribution in [3.8, 4) is 11.1 Å². The van der Waals surface area contributed by atoms with E-state index in [4.69, 9.17) is 17.0 Å². The number of hydrogen-bond acceptors (Lipinski definition) is 3. The lowest BCUT2D eigenvalue weighted by Gasteiger charge is -2.27. The van der Waals surface area contributed by atoms with Gasteiger partial charge in [0, 0.05) is 46.1 Å². The minimum atomic E-state index is -5.04. The lowest BCUT2D eigenvalue weighted by Crippen LogP contribution is -2.35. The van der Waals surface area contributed by atoms with Crippen LogP contribution in [0.4, 0.5) is 39.0 Å². The molecule has 3 aromatic carbocycles. The fraction of sp³-hybridized carbons (Fsp3) is 0.200. The molecule has 0 bridgehead atoms. The first-order valence-corrected chi connectivity index (χ1v) is 11.1. The first-order chi connectivity index (χ1) is 16.6. The number of rotatable bonds is 5. The van der Waals surface area contributed by atoms with Gasteiger partial charge in [0.2, 0.25) is 5.91 Å². The molecule has 1 heterocycles. The van der Waals surface area contributed by atoms with Gasteiger partial charge in [0.1, 0.15) is 11.5 Å². The highest BCUT2D eigenvalue weighted by Gasteiger charge is 2.37. The fourth-order valence-electron chi connectivity index (χ4n) is 3.95. The molecule has 182 valence electrons. The molecule has 0 unspecified atom stereocenters. The summed E-state index contributed by atoms with van der Waals surface area (Å²) >= 11 is 5.93. The largest absolute Gasteiger partial charge is 0.433 e. The van der Waals surface area contributed by atoms with Crippen molar-refractivity contribution in [3.63, 3.8) is 0 Å². The standard InChI is InChI=1S/C25H19ClF5N3O/c26-14-4-3-5-15(12-14)33-23-19(24(32)25(29,30)31)10-9-18(22(23)28)17-8-7-16(13-20(17)27)34-11-2-1-6-21(34)35/h3-5,7-10,12-13,32-33H,1-2,6,11H2. The van der Waals surface area contributed by atoms with Crippen LogP contribution in [0.25, 0.3) is 11.1 Å². The van der Waals surface area contributed by atoms with Crippen LogP contribution in [-0.2, 0) is 4.79 Å². The average molecular weight is 508 g/mol. The maximum atomic E-state index is 15.7. The molecule has 0 saturated carbocycles. The van der Waals surface area contributed by atoms with E-state index in [9.17, 15) is 18.0 Å². The number of benzene rings is 3. The Labute approximate surface area is 202 Å². The molecule has 4 rings (SSSR count). The van der Waals surface area contributed by atoms with Crippen LogP contribution in [-0.4, -0.2) is 24.3 Å². The summed E-state index contributed by atoms with van der Waals surface area (Å²) in [4.78, 5) is 13.6. The number of carbonyl (C=O) groups is 1. The van der Waals surface area contributed by atoms with E-state index in [1.165, 1.54) is 41.3 Å². The van der Waals surface area contributed by atoms with Crippen molar-refractivity contribution in [2.75, 3.05) is 16.8 Å². The monoisotopic (exact) mass is 507 g/mol. The van der Waals surface area contributed by atoms with Gasteiger partial charge in [-0.15, -0.1) is 0 Å². The quantitative estimate of drug-likeness (QED) is 0.278. The van der Waals surface area contributed by atoms with Crippen LogP contribution in [0.2, 0.25) is 5.02 Å². The minimum absolute atomic E-state index is 0.141. The van der Waals surface area contributed by atoms with E-state index in [1.54, 1.807) is 0 Å². The van der Waals surface area contributed by atoms with Crippen LogP contribution < -0.4 is 10.2 Å². The predicted octanol–water partition coefficient (Wildman–Crippen LogP) is 7.48. The van der Waals surface area contributed by atoms with E-state index < -0.39 is 34.8 Å². The highest BCUT2D eigenvalue weighted by atomic mass is 35.5. The number of nitrogens with zero attached hydrogens (tertiary/aromatic N) is 1. The molecule has 2 N–H and O–H groups in total. The van der Waals surface area contributed by atoms with Crippen LogP contribution in [0.1, 0.15) is 24.8 Å². The van der Waals surface area contributed by atoms with Gasteiger partial charge < -0.3 is 10.2 Å². The molecule has 0 aromatic heterocycles. The minimum Gasteiger partial charge on any atom is -0.353 e. The lowest BCUT2D eigenvalue weighted by atomic mass is 9.97. The summed E-state index contributed by atoms with van der Waals surface area (Å²) in [5.74, 6) is -2.15. The topological polar surface area (TPSA) is 56.2 Å². The highest BCUT2D eigenvalue weighted by Crippen LogP contribution is 2.37. The third kappa shape index (κ3) is 5.14. The van der Waals surface area contributed by atoms with Crippen LogP contribution in [0.3, 0.4) is 0 Å². The molecule has 0 aliphatic carbocycles. The Morgan fingerprint density at radius 1 is 1.00 bits per heavy atom. The van der Waals surface area contributed by atoms with Gasteiger partial charge in [-0.05, 0) is 55.3 Å². The number of nitrogens with one attached hydrogen (secondary N) is 2. The van der Waals surface area contributed by atoms with Gasteiger partial charge in [0.05, 0.1) is 5.69 Å². The lowest BCUT2D eigenvalue weighted by molar-refractivity contribution is -0.119. The molecule has 10 heteroatoms. The summed E-state index contributed by atoms with van der Waals surface area (Å²) in [6.45, 7) is 0.438. The normalized spacial score (nSPS) is 14.2. The third-order valence-electron chi connectivity index (χ3n) is 5.67. The molecule has 1 amide bonds. The summed E-state index contributed by atoms with van der Waals surface area (Å²) < 4.78 is 70.7. The van der Waals surface area contributed by atoms with Gasteiger partial charge in [-0.3, -0.25) is 10.2 Å². The Hall–Kier alpha value is -3.46. The van der Waals surface area contributed by atoms with Crippen molar-refractivity contribution < 1.29 is 26.7 Å². The van der Waals surface area contributed by atoms with Gasteiger partial charge in [-0.1, -0.05) is 23.7 Å². The molecule has 0 spiro atoms. The second-order valence-corrected chi connectivity index (χ2v) is 8.46. The summed E-state index contributed by atoms with van der Waals surface area (Å²) in [6.07, 6.45) is -3.16. The fourth-order valence-corrected chi connectivity index (χ4v) is 4.14. The molecular formula is C25H19ClF5N3O. The summed E-state index contributed by atoms with van der Waals surface area (Å²) in [7, 11) is 0. The van der Waals surface area contributed by atoms with E-state index >= 15 is 8.78 Å². The Kier molecular flexibility index (Phi) is 6.80. The number of halogens is 6. The second kappa shape index (κ2) is 9.65. The molecule has 3 aromatic rings.